The molecule has 15 heavy (non-hydrogen) atoms. The van der Waals surface area contributed by atoms with E-state index >= 15 is 0 Å². The van der Waals surface area contributed by atoms with E-state index in [4.69, 9.17) is 12.2 Å². The molecule has 5 heteroatoms. The van der Waals surface area contributed by atoms with Gasteiger partial charge in [-0.05, 0) is 0 Å². The van der Waals surface area contributed by atoms with Gasteiger partial charge in [0.15, 0.2) is 0 Å². The molecule has 0 atom stereocenters. The minimum absolute atomic E-state index is 1.22. The Hall–Kier alpha value is 1.76. The molecule has 2 aliphatic heterocycles. The topological polar surface area (TPSA) is 3.24 Å². The summed E-state index contributed by atoms with van der Waals surface area (Å²) in [5.74, 6) is 0. The Morgan fingerprint density at radius 2 is 1.67 bits per heavy atom. The van der Waals surface area contributed by atoms with Gasteiger partial charge in [-0.1, -0.05) is 0 Å². The molecule has 0 aliphatic carbocycles. The van der Waals surface area contributed by atoms with Crippen LogP contribution in [0.5, 0.6) is 0 Å². The summed E-state index contributed by atoms with van der Waals surface area (Å²) < 4.78 is 4.30. The molecule has 0 N–H and O–H groups in total. The molecule has 0 aromatic rings. The van der Waals surface area contributed by atoms with Gasteiger partial charge >= 0.3 is 116 Å². The molecule has 2 heterocycles. The Morgan fingerprint density at radius 3 is 2.27 bits per heavy atom. The fraction of sp³-hybridized carbons (Fsp3) is 0.900. The van der Waals surface area contributed by atoms with Gasteiger partial charge in [-0.15, -0.1) is 0 Å². The van der Waals surface area contributed by atoms with Gasteiger partial charge in [-0.25, -0.2) is 0 Å². The van der Waals surface area contributed by atoms with Crippen molar-refractivity contribution in [2.24, 2.45) is 0 Å². The van der Waals surface area contributed by atoms with Crippen molar-refractivity contribution in [3.05, 3.63) is 0 Å². The maximum absolute atomic E-state index is 5.60. The zero-order chi connectivity index (χ0) is 10.7. The first-order valence-corrected chi connectivity index (χ1v) is 19.8. The molecule has 0 saturated carbocycles. The summed E-state index contributed by atoms with van der Waals surface area (Å²) in [5, 5.41) is 0. The van der Waals surface area contributed by atoms with Crippen LogP contribution in [0.4, 0.5) is 0 Å². The van der Waals surface area contributed by atoms with E-state index in [0.29, 0.717) is 0 Å². The van der Waals surface area contributed by atoms with Gasteiger partial charge in [0, 0.05) is 0 Å². The van der Waals surface area contributed by atoms with Crippen molar-refractivity contribution in [3.8, 4) is 0 Å². The Morgan fingerprint density at radius 1 is 1.07 bits per heavy atom. The number of nitrogens with zero attached hydrogens (tertiary/aromatic N) is 1. The van der Waals surface area contributed by atoms with Crippen LogP contribution in [0, 0.1) is 0 Å². The van der Waals surface area contributed by atoms with Crippen LogP contribution in [0.1, 0.15) is 32.1 Å². The molecule has 0 aromatic heterocycles. The molecule has 0 unspecified atom stereocenters. The van der Waals surface area contributed by atoms with E-state index in [9.17, 15) is 0 Å². The molecule has 0 spiro atoms. The van der Waals surface area contributed by atoms with E-state index in [-0.39, 0.29) is 0 Å². The maximum atomic E-state index is 5.60. The molecule has 2 aliphatic rings. The van der Waals surface area contributed by atoms with Gasteiger partial charge in [-0.3, -0.25) is 0 Å². The number of hydrogen-bond acceptors (Lipinski definition) is 2. The number of hydrogen-bond donors (Lipinski definition) is 0. The Balaban J connectivity index is 1.86. The first-order valence-electron chi connectivity index (χ1n) is 5.66. The second kappa shape index (κ2) is 6.08. The third kappa shape index (κ3) is 3.87. The van der Waals surface area contributed by atoms with Crippen LogP contribution in [0.15, 0.2) is 0 Å². The monoisotopic (exact) mass is 473 g/mol. The van der Waals surface area contributed by atoms with Crippen molar-refractivity contribution in [2.45, 2.75) is 41.0 Å². The van der Waals surface area contributed by atoms with Gasteiger partial charge in [-0.2, -0.15) is 0 Å². The van der Waals surface area contributed by atoms with Crippen LogP contribution in [0.25, 0.3) is 0 Å². The third-order valence-electron chi connectivity index (χ3n) is 2.98. The molecule has 2 fully saturated rings. The van der Waals surface area contributed by atoms with Gasteiger partial charge in [0.1, 0.15) is 0 Å². The molecule has 0 amide bonds. The van der Waals surface area contributed by atoms with Crippen molar-refractivity contribution in [1.82, 2.24) is 4.90 Å². The van der Waals surface area contributed by atoms with E-state index in [2.05, 4.69) is 32.6 Å². The van der Waals surface area contributed by atoms with E-state index in [1.807, 2.05) is 0 Å². The fourth-order valence-electron chi connectivity index (χ4n) is 2.08. The Bertz CT molecular complexity index is 238. The Labute approximate surface area is 115 Å². The minimum atomic E-state index is -1.61. The van der Waals surface area contributed by atoms with Gasteiger partial charge in [0.25, 0.3) is 0 Å². The SMILES string of the molecule is S=C(S[Te]1(I)CCCCC1)N1CCCC1. The summed E-state index contributed by atoms with van der Waals surface area (Å²) in [5.41, 5.74) is 0. The van der Waals surface area contributed by atoms with Crippen LogP contribution in [-0.4, -0.2) is 35.2 Å². The van der Waals surface area contributed by atoms with E-state index in [1.54, 1.807) is 0 Å². The molecule has 0 bridgehead atoms. The summed E-state index contributed by atoms with van der Waals surface area (Å²) in [7, 11) is 2.15. The van der Waals surface area contributed by atoms with E-state index in [0.717, 1.165) is 0 Å². The molecule has 0 aromatic carbocycles. The van der Waals surface area contributed by atoms with Crippen molar-refractivity contribution >= 4 is 57.1 Å². The van der Waals surface area contributed by atoms with Crippen molar-refractivity contribution in [3.63, 3.8) is 0 Å². The average Bonchev–Trinajstić information content (AvgIpc) is 2.70. The summed E-state index contributed by atoms with van der Waals surface area (Å²) in [6.45, 7) is 2.45. The van der Waals surface area contributed by atoms with Gasteiger partial charge in [0.05, 0.1) is 0 Å². The van der Waals surface area contributed by atoms with Crippen LogP contribution >= 0.6 is 39.9 Å². The zero-order valence-electron chi connectivity index (χ0n) is 8.91. The molecule has 0 radical (unpaired) electrons. The molecule has 2 rings (SSSR count). The molecule has 88 valence electrons. The predicted octanol–water partition coefficient (Wildman–Crippen LogP) is 4.16. The van der Waals surface area contributed by atoms with Crippen LogP contribution in [-0.2, 0) is 0 Å². The second-order valence-corrected chi connectivity index (χ2v) is 32.9. The predicted molar refractivity (Wildman–Crippen MR) is 84.2 cm³/mol. The van der Waals surface area contributed by atoms with Crippen LogP contribution in [0.3, 0.4) is 0 Å². The number of rotatable bonds is 1. The first-order chi connectivity index (χ1) is 7.20. The Kier molecular flexibility index (Phi) is 5.35. The number of halogens is 1. The first kappa shape index (κ1) is 13.2. The summed E-state index contributed by atoms with van der Waals surface area (Å²) in [6.07, 6.45) is 7.11. The van der Waals surface area contributed by atoms with E-state index in [1.165, 1.54) is 58.5 Å². The van der Waals surface area contributed by atoms with Crippen LogP contribution in [0.2, 0.25) is 8.94 Å². The quantitative estimate of drug-likeness (QED) is 0.322. The standard InChI is InChI=1S/C10H18INS2Te/c11-15(8-4-1-5-9-15)14-10(13)12-6-2-3-7-12/h1-9H2. The zero-order valence-corrected chi connectivity index (χ0v) is 15.0. The summed E-state index contributed by atoms with van der Waals surface area (Å²) >= 11 is 6.82. The summed E-state index contributed by atoms with van der Waals surface area (Å²) in [6, 6.07) is 0. The van der Waals surface area contributed by atoms with Crippen LogP contribution < -0.4 is 0 Å². The average molecular weight is 471 g/mol. The van der Waals surface area contributed by atoms with Crippen molar-refractivity contribution in [1.29, 1.82) is 0 Å². The molecule has 2 saturated heterocycles. The third-order valence-corrected chi connectivity index (χ3v) is 26.0. The van der Waals surface area contributed by atoms with Crippen molar-refractivity contribution in [2.75, 3.05) is 13.1 Å². The summed E-state index contributed by atoms with van der Waals surface area (Å²) in [4.78, 5) is 2.45. The number of thiocarbonyl (C=S) groups is 1. The fourth-order valence-corrected chi connectivity index (χ4v) is 26.0. The van der Waals surface area contributed by atoms with Gasteiger partial charge in [0.2, 0.25) is 0 Å². The van der Waals surface area contributed by atoms with Gasteiger partial charge < -0.3 is 0 Å². The van der Waals surface area contributed by atoms with Crippen molar-refractivity contribution < 1.29 is 0 Å². The molecule has 1 nitrogen and oxygen atoms in total. The molecular formula is C10H18INS2Te. The molecular weight excluding hydrogens is 453 g/mol. The van der Waals surface area contributed by atoms with E-state index < -0.39 is 12.9 Å². The second-order valence-electron chi connectivity index (χ2n) is 4.23. The number of likely N-dealkylation sites (tertiary alicyclic amines) is 1. The normalized spacial score (nSPS) is 27.7.